The Morgan fingerprint density at radius 2 is 1.50 bits per heavy atom. The number of ether oxygens (including phenoxy) is 2. The lowest BCUT2D eigenvalue weighted by molar-refractivity contribution is -0.141. The molecule has 0 bridgehead atoms. The highest BCUT2D eigenvalue weighted by Gasteiger charge is 2.15. The molecule has 18 heavy (non-hydrogen) atoms. The molecule has 0 aliphatic heterocycles. The fourth-order valence-corrected chi connectivity index (χ4v) is 1.34. The molecule has 0 saturated carbocycles. The van der Waals surface area contributed by atoms with Crippen LogP contribution < -0.4 is 0 Å². The van der Waals surface area contributed by atoms with Gasteiger partial charge in [0.15, 0.2) is 0 Å². The summed E-state index contributed by atoms with van der Waals surface area (Å²) in [6.07, 6.45) is 0. The average molecular weight is 252 g/mol. The minimum absolute atomic E-state index is 0.300. The van der Waals surface area contributed by atoms with Gasteiger partial charge in [0.05, 0.1) is 25.7 Å². The summed E-state index contributed by atoms with van der Waals surface area (Å²) in [5.41, 5.74) is 1.27. The van der Waals surface area contributed by atoms with E-state index in [2.05, 4.69) is 9.47 Å². The Morgan fingerprint density at radius 1 is 1.00 bits per heavy atom. The Bertz CT molecular complexity index is 381. The Kier molecular flexibility index (Phi) is 7.43. The van der Waals surface area contributed by atoms with Gasteiger partial charge in [0.1, 0.15) is 0 Å². The van der Waals surface area contributed by atoms with E-state index in [4.69, 9.17) is 0 Å². The topological polar surface area (TPSA) is 52.6 Å². The third-order valence-electron chi connectivity index (χ3n) is 2.39. The van der Waals surface area contributed by atoms with Crippen molar-refractivity contribution < 1.29 is 19.1 Å². The highest BCUT2D eigenvalue weighted by Crippen LogP contribution is 2.17. The van der Waals surface area contributed by atoms with Gasteiger partial charge in [0, 0.05) is 0 Å². The largest absolute Gasteiger partial charge is 0.469 e. The van der Waals surface area contributed by atoms with Gasteiger partial charge in [-0.2, -0.15) is 0 Å². The predicted octanol–water partition coefficient (Wildman–Crippen LogP) is 2.78. The third kappa shape index (κ3) is 4.20. The van der Waals surface area contributed by atoms with Crippen LogP contribution in [0.5, 0.6) is 0 Å². The molecule has 0 amide bonds. The molecule has 4 heteroatoms. The lowest BCUT2D eigenvalue weighted by Gasteiger charge is -2.09. The van der Waals surface area contributed by atoms with Gasteiger partial charge in [-0.15, -0.1) is 0 Å². The SMILES string of the molecule is CC.COC(=O)c1ccc(C(C)C(=O)OC)cc1. The van der Waals surface area contributed by atoms with Crippen LogP contribution in [0.15, 0.2) is 24.3 Å². The first-order chi connectivity index (χ1) is 8.60. The Morgan fingerprint density at radius 3 is 1.89 bits per heavy atom. The fourth-order valence-electron chi connectivity index (χ4n) is 1.34. The molecular formula is C14H20O4. The number of benzene rings is 1. The van der Waals surface area contributed by atoms with Gasteiger partial charge in [0.2, 0.25) is 0 Å². The van der Waals surface area contributed by atoms with Crippen LogP contribution in [0.1, 0.15) is 42.6 Å². The van der Waals surface area contributed by atoms with Crippen molar-refractivity contribution in [2.75, 3.05) is 14.2 Å². The average Bonchev–Trinajstić information content (AvgIpc) is 2.47. The lowest BCUT2D eigenvalue weighted by atomic mass is 10.00. The van der Waals surface area contributed by atoms with E-state index < -0.39 is 5.97 Å². The molecule has 0 saturated heterocycles. The number of carbonyl (C=O) groups excluding carboxylic acids is 2. The Balaban J connectivity index is 0.00000137. The first kappa shape index (κ1) is 16.2. The first-order valence-electron chi connectivity index (χ1n) is 5.86. The van der Waals surface area contributed by atoms with Crippen LogP contribution >= 0.6 is 0 Å². The molecule has 1 rings (SSSR count). The molecule has 0 aromatic heterocycles. The second kappa shape index (κ2) is 8.28. The maximum atomic E-state index is 11.3. The molecular weight excluding hydrogens is 232 g/mol. The molecule has 1 aromatic rings. The van der Waals surface area contributed by atoms with Crippen LogP contribution in [0, 0.1) is 0 Å². The van der Waals surface area contributed by atoms with Crippen molar-refractivity contribution in [3.63, 3.8) is 0 Å². The van der Waals surface area contributed by atoms with E-state index >= 15 is 0 Å². The molecule has 0 aliphatic rings. The van der Waals surface area contributed by atoms with E-state index in [0.29, 0.717) is 5.56 Å². The lowest BCUT2D eigenvalue weighted by Crippen LogP contribution is -2.11. The van der Waals surface area contributed by atoms with Crippen molar-refractivity contribution in [1.82, 2.24) is 0 Å². The minimum Gasteiger partial charge on any atom is -0.469 e. The van der Waals surface area contributed by atoms with Crippen molar-refractivity contribution in [3.05, 3.63) is 35.4 Å². The number of hydrogen-bond donors (Lipinski definition) is 0. The summed E-state index contributed by atoms with van der Waals surface area (Å²) in [6, 6.07) is 6.68. The van der Waals surface area contributed by atoms with Gasteiger partial charge in [-0.3, -0.25) is 4.79 Å². The molecule has 1 unspecified atom stereocenters. The first-order valence-corrected chi connectivity index (χ1v) is 5.86. The number of hydrogen-bond acceptors (Lipinski definition) is 4. The third-order valence-corrected chi connectivity index (χ3v) is 2.39. The van der Waals surface area contributed by atoms with Crippen molar-refractivity contribution in [3.8, 4) is 0 Å². The number of esters is 2. The van der Waals surface area contributed by atoms with Gasteiger partial charge in [-0.25, -0.2) is 4.79 Å². The number of carbonyl (C=O) groups is 2. The molecule has 0 spiro atoms. The van der Waals surface area contributed by atoms with Crippen molar-refractivity contribution in [2.45, 2.75) is 26.7 Å². The van der Waals surface area contributed by atoms with Crippen molar-refractivity contribution in [1.29, 1.82) is 0 Å². The van der Waals surface area contributed by atoms with Gasteiger partial charge in [-0.05, 0) is 24.6 Å². The summed E-state index contributed by atoms with van der Waals surface area (Å²) in [6.45, 7) is 5.75. The number of methoxy groups -OCH3 is 2. The number of rotatable bonds is 3. The normalized spacial score (nSPS) is 10.7. The highest BCUT2D eigenvalue weighted by atomic mass is 16.5. The zero-order valence-corrected chi connectivity index (χ0v) is 11.5. The van der Waals surface area contributed by atoms with E-state index in [0.717, 1.165) is 5.56 Å². The van der Waals surface area contributed by atoms with Gasteiger partial charge in [-0.1, -0.05) is 26.0 Å². The van der Waals surface area contributed by atoms with E-state index in [1.807, 2.05) is 13.8 Å². The second-order valence-electron chi connectivity index (χ2n) is 3.36. The molecule has 0 radical (unpaired) electrons. The van der Waals surface area contributed by atoms with E-state index in [9.17, 15) is 9.59 Å². The van der Waals surface area contributed by atoms with Crippen molar-refractivity contribution in [2.24, 2.45) is 0 Å². The molecule has 0 fully saturated rings. The summed E-state index contributed by atoms with van der Waals surface area (Å²) in [5.74, 6) is -1.03. The predicted molar refractivity (Wildman–Crippen MR) is 69.6 cm³/mol. The van der Waals surface area contributed by atoms with Crippen LogP contribution in [0.3, 0.4) is 0 Å². The summed E-state index contributed by atoms with van der Waals surface area (Å²) in [5, 5.41) is 0. The maximum Gasteiger partial charge on any atom is 0.337 e. The zero-order chi connectivity index (χ0) is 14.1. The smallest absolute Gasteiger partial charge is 0.337 e. The molecule has 0 heterocycles. The quantitative estimate of drug-likeness (QED) is 0.776. The molecule has 0 N–H and O–H groups in total. The fraction of sp³-hybridized carbons (Fsp3) is 0.429. The van der Waals surface area contributed by atoms with Crippen molar-refractivity contribution >= 4 is 11.9 Å². The van der Waals surface area contributed by atoms with Gasteiger partial charge >= 0.3 is 11.9 Å². The highest BCUT2D eigenvalue weighted by molar-refractivity contribution is 5.89. The molecule has 1 aromatic carbocycles. The molecule has 1 atom stereocenters. The van der Waals surface area contributed by atoms with E-state index in [1.165, 1.54) is 14.2 Å². The Labute approximate surface area is 108 Å². The molecule has 100 valence electrons. The zero-order valence-electron chi connectivity index (χ0n) is 11.5. The molecule has 4 nitrogen and oxygen atoms in total. The minimum atomic E-state index is -0.391. The van der Waals surface area contributed by atoms with Gasteiger partial charge < -0.3 is 9.47 Å². The van der Waals surface area contributed by atoms with E-state index in [-0.39, 0.29) is 11.9 Å². The van der Waals surface area contributed by atoms with Gasteiger partial charge in [0.25, 0.3) is 0 Å². The van der Waals surface area contributed by atoms with Crippen LogP contribution in [0.4, 0.5) is 0 Å². The monoisotopic (exact) mass is 252 g/mol. The Hall–Kier alpha value is -1.84. The summed E-state index contributed by atoms with van der Waals surface area (Å²) < 4.78 is 9.21. The van der Waals surface area contributed by atoms with Crippen LogP contribution in [0.2, 0.25) is 0 Å². The second-order valence-corrected chi connectivity index (χ2v) is 3.36. The van der Waals surface area contributed by atoms with Crippen LogP contribution in [-0.2, 0) is 14.3 Å². The van der Waals surface area contributed by atoms with Crippen LogP contribution in [0.25, 0.3) is 0 Å². The van der Waals surface area contributed by atoms with E-state index in [1.54, 1.807) is 31.2 Å². The summed E-state index contributed by atoms with van der Waals surface area (Å²) in [7, 11) is 2.68. The summed E-state index contributed by atoms with van der Waals surface area (Å²) >= 11 is 0. The standard InChI is InChI=1S/C12H14O4.C2H6/c1-8(11(13)15-2)9-4-6-10(7-5-9)12(14)16-3;1-2/h4-8H,1-3H3;1-2H3. The maximum absolute atomic E-state index is 11.3. The van der Waals surface area contributed by atoms with Crippen LogP contribution in [-0.4, -0.2) is 26.2 Å². The molecule has 0 aliphatic carbocycles. The summed E-state index contributed by atoms with van der Waals surface area (Å²) in [4.78, 5) is 22.4.